The fraction of sp³-hybridized carbons (Fsp3) is 0.333. The number of sulfonamides is 1. The molecular weight excluding hydrogens is 334 g/mol. The normalized spacial score (nSPS) is 11.5. The number of rotatable bonds is 7. The average molecular weight is 348 g/mol. The number of hydrogen-bond acceptors (Lipinski definition) is 6. The van der Waals surface area contributed by atoms with Crippen molar-refractivity contribution in [1.82, 2.24) is 10.2 Å². The first-order valence-corrected chi connectivity index (χ1v) is 8.89. The predicted molar refractivity (Wildman–Crippen MR) is 83.2 cm³/mol. The molecule has 114 valence electrons. The Labute approximate surface area is 132 Å². The first-order chi connectivity index (χ1) is 9.98. The molecule has 1 N–H and O–H groups in total. The van der Waals surface area contributed by atoms with E-state index in [2.05, 4.69) is 14.9 Å². The standard InChI is InChI=1S/C12H14ClN3O3S2/c1-19-7-6-11-14-15-12(20-11)16-21(17,18)8-9-2-4-10(13)5-3-9/h2-5H,6-8H2,1H3,(H,15,16). The van der Waals surface area contributed by atoms with Crippen LogP contribution in [0.2, 0.25) is 5.02 Å². The zero-order valence-corrected chi connectivity index (χ0v) is 13.6. The van der Waals surface area contributed by atoms with Crippen LogP contribution < -0.4 is 4.72 Å². The lowest BCUT2D eigenvalue weighted by Gasteiger charge is -2.04. The Morgan fingerprint density at radius 2 is 2.00 bits per heavy atom. The Morgan fingerprint density at radius 1 is 1.29 bits per heavy atom. The molecular formula is C12H14ClN3O3S2. The van der Waals surface area contributed by atoms with Gasteiger partial charge in [0.2, 0.25) is 15.2 Å². The first kappa shape index (κ1) is 16.2. The monoisotopic (exact) mass is 347 g/mol. The number of anilines is 1. The van der Waals surface area contributed by atoms with Gasteiger partial charge in [0.1, 0.15) is 5.01 Å². The third kappa shape index (κ3) is 5.24. The van der Waals surface area contributed by atoms with Gasteiger partial charge in [-0.3, -0.25) is 4.72 Å². The van der Waals surface area contributed by atoms with Crippen LogP contribution in [0.15, 0.2) is 24.3 Å². The summed E-state index contributed by atoms with van der Waals surface area (Å²) in [6.45, 7) is 0.520. The van der Waals surface area contributed by atoms with Gasteiger partial charge in [0, 0.05) is 18.6 Å². The SMILES string of the molecule is COCCc1nnc(NS(=O)(=O)Cc2ccc(Cl)cc2)s1. The number of halogens is 1. The third-order valence-corrected chi connectivity index (χ3v) is 5.00. The Bertz CT molecular complexity index is 686. The summed E-state index contributed by atoms with van der Waals surface area (Å²) in [7, 11) is -1.93. The second kappa shape index (κ2) is 7.17. The summed E-state index contributed by atoms with van der Waals surface area (Å²) in [4.78, 5) is 0. The summed E-state index contributed by atoms with van der Waals surface area (Å²) >= 11 is 6.96. The van der Waals surface area contributed by atoms with E-state index in [0.29, 0.717) is 23.6 Å². The zero-order valence-electron chi connectivity index (χ0n) is 11.2. The van der Waals surface area contributed by atoms with Crippen molar-refractivity contribution in [1.29, 1.82) is 0 Å². The second-order valence-electron chi connectivity index (χ2n) is 4.23. The van der Waals surface area contributed by atoms with Crippen LogP contribution >= 0.6 is 22.9 Å². The minimum Gasteiger partial charge on any atom is -0.384 e. The van der Waals surface area contributed by atoms with Crippen LogP contribution in [0.3, 0.4) is 0 Å². The molecule has 0 unspecified atom stereocenters. The smallest absolute Gasteiger partial charge is 0.238 e. The average Bonchev–Trinajstić information content (AvgIpc) is 2.85. The summed E-state index contributed by atoms with van der Waals surface area (Å²) in [5.74, 6) is -0.142. The van der Waals surface area contributed by atoms with Gasteiger partial charge in [0.05, 0.1) is 12.4 Å². The molecule has 0 saturated heterocycles. The van der Waals surface area contributed by atoms with E-state index in [1.807, 2.05) is 0 Å². The molecule has 0 spiro atoms. The Morgan fingerprint density at radius 3 is 2.67 bits per heavy atom. The maximum absolute atomic E-state index is 12.0. The molecule has 9 heteroatoms. The number of nitrogens with one attached hydrogen (secondary N) is 1. The van der Waals surface area contributed by atoms with Crippen LogP contribution in [-0.2, 0) is 26.9 Å². The molecule has 2 aromatic rings. The maximum atomic E-state index is 12.0. The minimum atomic E-state index is -3.52. The number of nitrogens with zero attached hydrogens (tertiary/aromatic N) is 2. The van der Waals surface area contributed by atoms with E-state index in [-0.39, 0.29) is 10.9 Å². The van der Waals surface area contributed by atoms with Crippen molar-refractivity contribution in [2.45, 2.75) is 12.2 Å². The Kier molecular flexibility index (Phi) is 5.51. The quantitative estimate of drug-likeness (QED) is 0.831. The molecule has 2 rings (SSSR count). The molecule has 0 radical (unpaired) electrons. The lowest BCUT2D eigenvalue weighted by molar-refractivity contribution is 0.202. The van der Waals surface area contributed by atoms with Crippen molar-refractivity contribution in [3.63, 3.8) is 0 Å². The van der Waals surface area contributed by atoms with E-state index in [1.54, 1.807) is 31.4 Å². The molecule has 1 aromatic heterocycles. The van der Waals surface area contributed by atoms with Crippen molar-refractivity contribution < 1.29 is 13.2 Å². The predicted octanol–water partition coefficient (Wildman–Crippen LogP) is 2.32. The van der Waals surface area contributed by atoms with Crippen LogP contribution in [0.1, 0.15) is 10.6 Å². The van der Waals surface area contributed by atoms with Gasteiger partial charge in [-0.2, -0.15) is 0 Å². The highest BCUT2D eigenvalue weighted by atomic mass is 35.5. The fourth-order valence-electron chi connectivity index (χ4n) is 1.55. The molecule has 0 aliphatic rings. The number of hydrogen-bond donors (Lipinski definition) is 1. The third-order valence-electron chi connectivity index (χ3n) is 2.50. The van der Waals surface area contributed by atoms with Crippen LogP contribution in [0, 0.1) is 0 Å². The van der Waals surface area contributed by atoms with Gasteiger partial charge in [-0.25, -0.2) is 8.42 Å². The van der Waals surface area contributed by atoms with E-state index in [0.717, 1.165) is 5.01 Å². The summed E-state index contributed by atoms with van der Waals surface area (Å²) < 4.78 is 31.5. The number of methoxy groups -OCH3 is 1. The molecule has 0 atom stereocenters. The van der Waals surface area contributed by atoms with Crippen molar-refractivity contribution in [3.8, 4) is 0 Å². The van der Waals surface area contributed by atoms with E-state index in [9.17, 15) is 8.42 Å². The van der Waals surface area contributed by atoms with Gasteiger partial charge in [-0.15, -0.1) is 10.2 Å². The van der Waals surface area contributed by atoms with Gasteiger partial charge < -0.3 is 4.74 Å². The van der Waals surface area contributed by atoms with Gasteiger partial charge in [-0.1, -0.05) is 35.1 Å². The highest BCUT2D eigenvalue weighted by Gasteiger charge is 2.15. The largest absolute Gasteiger partial charge is 0.384 e. The molecule has 6 nitrogen and oxygen atoms in total. The van der Waals surface area contributed by atoms with E-state index >= 15 is 0 Å². The van der Waals surface area contributed by atoms with Crippen molar-refractivity contribution in [2.75, 3.05) is 18.4 Å². The topological polar surface area (TPSA) is 81.2 Å². The van der Waals surface area contributed by atoms with Gasteiger partial charge >= 0.3 is 0 Å². The van der Waals surface area contributed by atoms with Gasteiger partial charge in [0.15, 0.2) is 0 Å². The lowest BCUT2D eigenvalue weighted by atomic mass is 10.2. The van der Waals surface area contributed by atoms with Gasteiger partial charge in [-0.05, 0) is 17.7 Å². The van der Waals surface area contributed by atoms with Crippen molar-refractivity contribution in [3.05, 3.63) is 39.9 Å². The van der Waals surface area contributed by atoms with Crippen molar-refractivity contribution in [2.24, 2.45) is 0 Å². The summed E-state index contributed by atoms with van der Waals surface area (Å²) in [5.41, 5.74) is 0.649. The van der Waals surface area contributed by atoms with Crippen LogP contribution in [0.4, 0.5) is 5.13 Å². The van der Waals surface area contributed by atoms with E-state index in [1.165, 1.54) is 11.3 Å². The summed E-state index contributed by atoms with van der Waals surface area (Å²) in [6, 6.07) is 6.65. The summed E-state index contributed by atoms with van der Waals surface area (Å²) in [5, 5.41) is 9.26. The molecule has 0 saturated carbocycles. The molecule has 0 amide bonds. The van der Waals surface area contributed by atoms with Crippen molar-refractivity contribution >= 4 is 38.1 Å². The Balaban J connectivity index is 2.00. The number of ether oxygens (including phenoxy) is 1. The number of benzene rings is 1. The van der Waals surface area contributed by atoms with Crippen LogP contribution in [0.5, 0.6) is 0 Å². The van der Waals surface area contributed by atoms with Crippen LogP contribution in [0.25, 0.3) is 0 Å². The minimum absolute atomic E-state index is 0.142. The molecule has 0 bridgehead atoms. The molecule has 21 heavy (non-hydrogen) atoms. The molecule has 0 fully saturated rings. The maximum Gasteiger partial charge on any atom is 0.238 e. The zero-order chi connectivity index (χ0) is 15.3. The molecule has 1 aromatic carbocycles. The van der Waals surface area contributed by atoms with Gasteiger partial charge in [0.25, 0.3) is 0 Å². The molecule has 1 heterocycles. The molecule has 0 aliphatic carbocycles. The van der Waals surface area contributed by atoms with Crippen LogP contribution in [-0.4, -0.2) is 32.3 Å². The first-order valence-electron chi connectivity index (χ1n) is 6.05. The van der Waals surface area contributed by atoms with E-state index in [4.69, 9.17) is 16.3 Å². The Hall–Kier alpha value is -1.22. The highest BCUT2D eigenvalue weighted by molar-refractivity contribution is 7.92. The summed E-state index contributed by atoms with van der Waals surface area (Å²) in [6.07, 6.45) is 0.604. The fourth-order valence-corrected chi connectivity index (χ4v) is 3.81. The highest BCUT2D eigenvalue weighted by Crippen LogP contribution is 2.19. The molecule has 0 aliphatic heterocycles. The lowest BCUT2D eigenvalue weighted by Crippen LogP contribution is -2.14. The second-order valence-corrected chi connectivity index (χ2v) is 7.45. The van der Waals surface area contributed by atoms with E-state index < -0.39 is 10.0 Å². The number of aromatic nitrogens is 2.